The van der Waals surface area contributed by atoms with Gasteiger partial charge in [0, 0.05) is 19.8 Å². The Hall–Kier alpha value is -0.980. The molecule has 0 heterocycles. The van der Waals surface area contributed by atoms with E-state index in [1.807, 2.05) is 14.1 Å². The lowest BCUT2D eigenvalue weighted by Gasteiger charge is -2.10. The first-order valence-corrected chi connectivity index (χ1v) is 2.78. The maximum absolute atomic E-state index is 7.52. The van der Waals surface area contributed by atoms with Crippen molar-refractivity contribution in [2.24, 2.45) is 0 Å². The molecule has 0 aliphatic heterocycles. The molecule has 1 aromatic carbocycles. The highest BCUT2D eigenvalue weighted by atomic mass is 15.1. The molecular formula is C8H11N. The van der Waals surface area contributed by atoms with Crippen LogP contribution in [0, 0.1) is 0 Å². The van der Waals surface area contributed by atoms with E-state index < -0.39 is 0 Å². The number of nitrogens with zero attached hydrogens (tertiary/aromatic N) is 1. The third-order valence-electron chi connectivity index (χ3n) is 1.07. The third kappa shape index (κ3) is 1.46. The highest BCUT2D eigenvalue weighted by Crippen LogP contribution is 2.07. The minimum Gasteiger partial charge on any atom is -0.378 e. The fourth-order valence-corrected chi connectivity index (χ4v) is 0.565. The second-order valence-corrected chi connectivity index (χ2v) is 2.01. The van der Waals surface area contributed by atoms with Crippen LogP contribution in [0.1, 0.15) is 4.11 Å². The normalized spacial score (nSPS) is 13.8. The first-order chi connectivity index (χ1) is 5.54. The molecule has 0 bridgehead atoms. The molecule has 0 aliphatic carbocycles. The standard InChI is InChI=1S/C8H11N/c1-9(2)8-6-4-3-5-7-8/h3-7H,1-2H3/i3D,4D,6D. The second kappa shape index (κ2) is 2.53. The second-order valence-electron chi connectivity index (χ2n) is 2.01. The van der Waals surface area contributed by atoms with Gasteiger partial charge in [0.25, 0.3) is 0 Å². The van der Waals surface area contributed by atoms with Crippen molar-refractivity contribution < 1.29 is 4.11 Å². The third-order valence-corrected chi connectivity index (χ3v) is 1.07. The van der Waals surface area contributed by atoms with Crippen molar-refractivity contribution in [3.8, 4) is 0 Å². The first-order valence-electron chi connectivity index (χ1n) is 4.28. The Labute approximate surface area is 60.1 Å². The largest absolute Gasteiger partial charge is 0.378 e. The topological polar surface area (TPSA) is 3.24 Å². The molecule has 0 spiro atoms. The lowest BCUT2D eigenvalue weighted by atomic mass is 10.3. The zero-order chi connectivity index (χ0) is 9.30. The van der Waals surface area contributed by atoms with Crippen molar-refractivity contribution in [3.63, 3.8) is 0 Å². The molecule has 0 radical (unpaired) electrons. The Bertz CT molecular complexity index is 297. The molecule has 0 atom stereocenters. The highest BCUT2D eigenvalue weighted by molar-refractivity contribution is 5.43. The number of hydrogen-bond donors (Lipinski definition) is 0. The number of benzene rings is 1. The van der Waals surface area contributed by atoms with Crippen LogP contribution in [0.4, 0.5) is 5.69 Å². The molecule has 0 unspecified atom stereocenters. The summed E-state index contributed by atoms with van der Waals surface area (Å²) in [4.78, 5) is 1.76. The van der Waals surface area contributed by atoms with Crippen LogP contribution >= 0.6 is 0 Å². The van der Waals surface area contributed by atoms with E-state index in [2.05, 4.69) is 0 Å². The summed E-state index contributed by atoms with van der Waals surface area (Å²) in [5, 5.41) is 0. The Balaban J connectivity index is 3.27. The van der Waals surface area contributed by atoms with E-state index in [-0.39, 0.29) is 18.1 Å². The van der Waals surface area contributed by atoms with Gasteiger partial charge in [-0.15, -0.1) is 0 Å². The van der Waals surface area contributed by atoms with E-state index in [0.717, 1.165) is 0 Å². The minimum absolute atomic E-state index is 0.0128. The van der Waals surface area contributed by atoms with Crippen molar-refractivity contribution >= 4 is 5.69 Å². The Morgan fingerprint density at radius 1 is 1.44 bits per heavy atom. The molecule has 0 amide bonds. The lowest BCUT2D eigenvalue weighted by Crippen LogP contribution is -2.07. The van der Waals surface area contributed by atoms with Gasteiger partial charge in [-0.05, 0) is 12.1 Å². The van der Waals surface area contributed by atoms with Gasteiger partial charge in [0.2, 0.25) is 0 Å². The van der Waals surface area contributed by atoms with Crippen LogP contribution in [0.5, 0.6) is 0 Å². The van der Waals surface area contributed by atoms with E-state index in [4.69, 9.17) is 4.11 Å². The Kier molecular flexibility index (Phi) is 0.916. The maximum Gasteiger partial charge on any atom is 0.0645 e. The lowest BCUT2D eigenvalue weighted by molar-refractivity contribution is 1.13. The monoisotopic (exact) mass is 124 g/mol. The van der Waals surface area contributed by atoms with Gasteiger partial charge >= 0.3 is 0 Å². The Morgan fingerprint density at radius 3 is 2.89 bits per heavy atom. The van der Waals surface area contributed by atoms with E-state index in [9.17, 15) is 0 Å². The van der Waals surface area contributed by atoms with Crippen molar-refractivity contribution in [2.75, 3.05) is 19.0 Å². The van der Waals surface area contributed by atoms with Crippen LogP contribution in [0.15, 0.2) is 30.3 Å². The highest BCUT2D eigenvalue weighted by Gasteiger charge is 1.87. The number of rotatable bonds is 1. The summed E-state index contributed by atoms with van der Waals surface area (Å²) < 4.78 is 22.2. The van der Waals surface area contributed by atoms with Gasteiger partial charge in [0.1, 0.15) is 0 Å². The predicted octanol–water partition coefficient (Wildman–Crippen LogP) is 1.75. The molecule has 48 valence electrons. The van der Waals surface area contributed by atoms with Gasteiger partial charge in [0.05, 0.1) is 4.11 Å². The van der Waals surface area contributed by atoms with Crippen LogP contribution in [0.25, 0.3) is 0 Å². The van der Waals surface area contributed by atoms with Crippen LogP contribution in [-0.4, -0.2) is 14.1 Å². The predicted molar refractivity (Wildman–Crippen MR) is 40.8 cm³/mol. The minimum atomic E-state index is -0.0128. The fourth-order valence-electron chi connectivity index (χ4n) is 0.565. The van der Waals surface area contributed by atoms with Gasteiger partial charge in [0.15, 0.2) is 0 Å². The molecule has 0 saturated carbocycles. The van der Waals surface area contributed by atoms with Crippen LogP contribution in [0.3, 0.4) is 0 Å². The van der Waals surface area contributed by atoms with Gasteiger partial charge in [-0.3, -0.25) is 0 Å². The average Bonchev–Trinajstić information content (AvgIpc) is 2.00. The molecule has 0 aliphatic rings. The summed E-state index contributed by atoms with van der Waals surface area (Å²) >= 11 is 0. The summed E-state index contributed by atoms with van der Waals surface area (Å²) in [6.45, 7) is 0. The van der Waals surface area contributed by atoms with Crippen molar-refractivity contribution in [1.82, 2.24) is 0 Å². The summed E-state index contributed by atoms with van der Waals surface area (Å²) in [5.74, 6) is 0. The van der Waals surface area contributed by atoms with E-state index in [0.29, 0.717) is 5.69 Å². The van der Waals surface area contributed by atoms with Crippen LogP contribution in [-0.2, 0) is 0 Å². The number of hydrogen-bond acceptors (Lipinski definition) is 1. The van der Waals surface area contributed by atoms with E-state index in [1.165, 1.54) is 6.07 Å². The Morgan fingerprint density at radius 2 is 2.22 bits per heavy atom. The average molecular weight is 124 g/mol. The molecule has 9 heavy (non-hydrogen) atoms. The zero-order valence-electron chi connectivity index (χ0n) is 8.60. The number of para-hydroxylation sites is 1. The number of anilines is 1. The molecule has 0 saturated heterocycles. The summed E-state index contributed by atoms with van der Waals surface area (Å²) in [7, 11) is 3.63. The SMILES string of the molecule is [2H]c1ccc(N(C)C)c([2H])c1[2H]. The molecular weight excluding hydrogens is 110 g/mol. The van der Waals surface area contributed by atoms with Gasteiger partial charge < -0.3 is 4.90 Å². The quantitative estimate of drug-likeness (QED) is 0.551. The smallest absolute Gasteiger partial charge is 0.0645 e. The molecule has 1 heteroatoms. The first kappa shape index (κ1) is 3.25. The van der Waals surface area contributed by atoms with E-state index >= 15 is 0 Å². The van der Waals surface area contributed by atoms with Crippen molar-refractivity contribution in [3.05, 3.63) is 30.3 Å². The van der Waals surface area contributed by atoms with Crippen molar-refractivity contribution in [1.29, 1.82) is 0 Å². The fraction of sp³-hybridized carbons (Fsp3) is 0.250. The molecule has 0 fully saturated rings. The summed E-state index contributed by atoms with van der Waals surface area (Å²) in [6.07, 6.45) is 0. The molecule has 0 N–H and O–H groups in total. The summed E-state index contributed by atoms with van der Waals surface area (Å²) in [5.41, 5.74) is 0.677. The summed E-state index contributed by atoms with van der Waals surface area (Å²) in [6, 6.07) is 3.43. The zero-order valence-corrected chi connectivity index (χ0v) is 5.60. The molecule has 1 rings (SSSR count). The van der Waals surface area contributed by atoms with Crippen LogP contribution < -0.4 is 4.90 Å². The van der Waals surface area contributed by atoms with Crippen molar-refractivity contribution in [2.45, 2.75) is 0 Å². The van der Waals surface area contributed by atoms with Gasteiger partial charge in [-0.1, -0.05) is 18.2 Å². The molecule has 0 aromatic heterocycles. The van der Waals surface area contributed by atoms with Gasteiger partial charge in [-0.25, -0.2) is 0 Å². The van der Waals surface area contributed by atoms with E-state index in [1.54, 1.807) is 11.0 Å². The van der Waals surface area contributed by atoms with Gasteiger partial charge in [-0.2, -0.15) is 0 Å². The molecule has 1 nitrogen and oxygen atoms in total. The maximum atomic E-state index is 7.52. The molecule has 1 aromatic rings. The van der Waals surface area contributed by atoms with Crippen LogP contribution in [0.2, 0.25) is 0 Å².